The van der Waals surface area contributed by atoms with Crippen LogP contribution in [-0.4, -0.2) is 4.98 Å². The number of pyridine rings is 1. The number of anilines is 1. The summed E-state index contributed by atoms with van der Waals surface area (Å²) in [5.41, 5.74) is 4.00. The van der Waals surface area contributed by atoms with Crippen molar-refractivity contribution in [1.82, 2.24) is 4.98 Å². The largest absolute Gasteiger partial charge is 0.378 e. The molecular formula is C17H15IN2. The Kier molecular flexibility index (Phi) is 3.02. The number of aromatic nitrogens is 1. The lowest BCUT2D eigenvalue weighted by Gasteiger charge is -2.37. The molecule has 0 spiro atoms. The van der Waals surface area contributed by atoms with Crippen LogP contribution >= 0.6 is 22.6 Å². The molecule has 2 heterocycles. The van der Waals surface area contributed by atoms with Gasteiger partial charge in [0.2, 0.25) is 0 Å². The fourth-order valence-electron chi connectivity index (χ4n) is 3.46. The first kappa shape index (κ1) is 12.4. The molecule has 0 saturated carbocycles. The van der Waals surface area contributed by atoms with Crippen LogP contribution in [0, 0.1) is 9.49 Å². The lowest BCUT2D eigenvalue weighted by atomic mass is 9.77. The number of nitrogens with one attached hydrogen (secondary N) is 1. The third-order valence-electron chi connectivity index (χ3n) is 4.37. The van der Waals surface area contributed by atoms with Crippen molar-refractivity contribution in [3.8, 4) is 0 Å². The summed E-state index contributed by atoms with van der Waals surface area (Å²) in [6.07, 6.45) is 9.68. The lowest BCUT2D eigenvalue weighted by molar-refractivity contribution is 0.425. The molecular weight excluding hydrogens is 359 g/mol. The Balaban J connectivity index is 1.80. The van der Waals surface area contributed by atoms with Gasteiger partial charge in [-0.25, -0.2) is 0 Å². The van der Waals surface area contributed by atoms with Gasteiger partial charge in [0.1, 0.15) is 0 Å². The Morgan fingerprint density at radius 3 is 3.05 bits per heavy atom. The second-order valence-electron chi connectivity index (χ2n) is 5.49. The van der Waals surface area contributed by atoms with E-state index in [1.54, 1.807) is 0 Å². The van der Waals surface area contributed by atoms with Gasteiger partial charge in [-0.2, -0.15) is 0 Å². The highest BCUT2D eigenvalue weighted by Crippen LogP contribution is 2.49. The highest BCUT2D eigenvalue weighted by atomic mass is 127. The number of rotatable bonds is 1. The van der Waals surface area contributed by atoms with E-state index in [-0.39, 0.29) is 0 Å². The van der Waals surface area contributed by atoms with Crippen LogP contribution < -0.4 is 5.32 Å². The quantitative estimate of drug-likeness (QED) is 0.587. The highest BCUT2D eigenvalue weighted by Gasteiger charge is 2.37. The average Bonchev–Trinajstić information content (AvgIpc) is 2.97. The lowest BCUT2D eigenvalue weighted by Crippen LogP contribution is -2.29. The van der Waals surface area contributed by atoms with Crippen molar-refractivity contribution in [2.75, 3.05) is 5.32 Å². The molecule has 1 aromatic carbocycles. The Bertz CT molecular complexity index is 666. The van der Waals surface area contributed by atoms with E-state index in [1.807, 2.05) is 18.5 Å². The number of hydrogen-bond acceptors (Lipinski definition) is 2. The molecule has 1 aliphatic carbocycles. The number of nitrogens with zero attached hydrogens (tertiary/aromatic N) is 1. The van der Waals surface area contributed by atoms with Crippen LogP contribution in [0.3, 0.4) is 0 Å². The first-order valence-corrected chi connectivity index (χ1v) is 8.03. The van der Waals surface area contributed by atoms with Gasteiger partial charge in [-0.1, -0.05) is 18.2 Å². The molecule has 4 rings (SSSR count). The molecule has 3 atom stereocenters. The Labute approximate surface area is 132 Å². The molecule has 0 radical (unpaired) electrons. The Hall–Kier alpha value is -1.36. The minimum Gasteiger partial charge on any atom is -0.378 e. The monoisotopic (exact) mass is 374 g/mol. The smallest absolute Gasteiger partial charge is 0.0569 e. The van der Waals surface area contributed by atoms with E-state index in [4.69, 9.17) is 0 Å². The van der Waals surface area contributed by atoms with Crippen molar-refractivity contribution < 1.29 is 0 Å². The Morgan fingerprint density at radius 1 is 1.25 bits per heavy atom. The van der Waals surface area contributed by atoms with E-state index in [9.17, 15) is 0 Å². The molecule has 1 N–H and O–H groups in total. The van der Waals surface area contributed by atoms with Gasteiger partial charge in [-0.15, -0.1) is 0 Å². The third-order valence-corrected chi connectivity index (χ3v) is 5.04. The van der Waals surface area contributed by atoms with Gasteiger partial charge in [-0.3, -0.25) is 4.98 Å². The Morgan fingerprint density at radius 2 is 2.20 bits per heavy atom. The summed E-state index contributed by atoms with van der Waals surface area (Å²) in [5, 5.41) is 3.73. The molecule has 0 amide bonds. The second-order valence-corrected chi connectivity index (χ2v) is 6.74. The van der Waals surface area contributed by atoms with Gasteiger partial charge < -0.3 is 5.32 Å². The molecule has 20 heavy (non-hydrogen) atoms. The molecule has 0 unspecified atom stereocenters. The van der Waals surface area contributed by atoms with Crippen molar-refractivity contribution in [3.63, 3.8) is 0 Å². The highest BCUT2D eigenvalue weighted by molar-refractivity contribution is 14.1. The molecule has 2 aromatic rings. The van der Waals surface area contributed by atoms with Crippen LogP contribution in [0.2, 0.25) is 0 Å². The van der Waals surface area contributed by atoms with Crippen LogP contribution in [0.5, 0.6) is 0 Å². The van der Waals surface area contributed by atoms with Crippen molar-refractivity contribution in [1.29, 1.82) is 0 Å². The van der Waals surface area contributed by atoms with Gasteiger partial charge in [0.15, 0.2) is 0 Å². The standard InChI is InChI=1S/C17H15IN2/c18-12-6-7-16-15(9-12)13-4-1-5-14(13)17(20-16)11-3-2-8-19-10-11/h1-4,6-10,13-14,17,20H,5H2/t13-,14+,17+/m1/s1. The van der Waals surface area contributed by atoms with Crippen LogP contribution in [0.4, 0.5) is 5.69 Å². The number of allylic oxidation sites excluding steroid dienone is 2. The molecule has 1 aliphatic heterocycles. The van der Waals surface area contributed by atoms with Crippen LogP contribution in [0.15, 0.2) is 54.9 Å². The zero-order valence-corrected chi connectivity index (χ0v) is 13.1. The molecule has 0 saturated heterocycles. The number of fused-ring (bicyclic) bond motifs is 3. The third kappa shape index (κ3) is 1.95. The summed E-state index contributed by atoms with van der Waals surface area (Å²) in [4.78, 5) is 4.28. The first-order chi connectivity index (χ1) is 9.83. The minimum atomic E-state index is 0.358. The normalized spacial score (nSPS) is 26.8. The number of halogens is 1. The van der Waals surface area contributed by atoms with E-state index in [1.165, 1.54) is 20.4 Å². The predicted octanol–water partition coefficient (Wildman–Crippen LogP) is 4.51. The van der Waals surface area contributed by atoms with Crippen LogP contribution in [0.1, 0.15) is 29.5 Å². The van der Waals surface area contributed by atoms with Crippen molar-refractivity contribution >= 4 is 28.3 Å². The number of benzene rings is 1. The molecule has 0 fully saturated rings. The van der Waals surface area contributed by atoms with Gasteiger partial charge in [0.05, 0.1) is 6.04 Å². The van der Waals surface area contributed by atoms with E-state index >= 15 is 0 Å². The molecule has 3 heteroatoms. The maximum atomic E-state index is 4.28. The summed E-state index contributed by atoms with van der Waals surface area (Å²) in [6, 6.07) is 11.3. The predicted molar refractivity (Wildman–Crippen MR) is 89.7 cm³/mol. The minimum absolute atomic E-state index is 0.358. The average molecular weight is 374 g/mol. The van der Waals surface area contributed by atoms with Gasteiger partial charge in [-0.05, 0) is 70.3 Å². The van der Waals surface area contributed by atoms with Gasteiger partial charge >= 0.3 is 0 Å². The van der Waals surface area contributed by atoms with Crippen molar-refractivity contribution in [2.45, 2.75) is 18.4 Å². The fourth-order valence-corrected chi connectivity index (χ4v) is 3.97. The van der Waals surface area contributed by atoms with Crippen molar-refractivity contribution in [2.24, 2.45) is 5.92 Å². The summed E-state index contributed by atoms with van der Waals surface area (Å²) >= 11 is 2.39. The zero-order chi connectivity index (χ0) is 13.5. The van der Waals surface area contributed by atoms with Crippen LogP contribution in [-0.2, 0) is 0 Å². The summed E-state index contributed by atoms with van der Waals surface area (Å²) in [5.74, 6) is 1.14. The molecule has 2 aliphatic rings. The van der Waals surface area contributed by atoms with Crippen molar-refractivity contribution in [3.05, 3.63) is 69.6 Å². The zero-order valence-electron chi connectivity index (χ0n) is 11.0. The van der Waals surface area contributed by atoms with E-state index in [0.29, 0.717) is 17.9 Å². The SMILES string of the molecule is Ic1ccc2c(c1)[C@@H]1C=CC[C@@H]1[C@H](c1cccnc1)N2. The van der Waals surface area contributed by atoms with E-state index < -0.39 is 0 Å². The van der Waals surface area contributed by atoms with Crippen LogP contribution in [0.25, 0.3) is 0 Å². The maximum absolute atomic E-state index is 4.28. The van der Waals surface area contributed by atoms with Gasteiger partial charge in [0.25, 0.3) is 0 Å². The number of hydrogen-bond donors (Lipinski definition) is 1. The summed E-state index contributed by atoms with van der Waals surface area (Å²) < 4.78 is 1.31. The summed E-state index contributed by atoms with van der Waals surface area (Å²) in [6.45, 7) is 0. The molecule has 100 valence electrons. The van der Waals surface area contributed by atoms with E-state index in [2.05, 4.69) is 69.3 Å². The topological polar surface area (TPSA) is 24.9 Å². The van der Waals surface area contributed by atoms with E-state index in [0.717, 1.165) is 6.42 Å². The fraction of sp³-hybridized carbons (Fsp3) is 0.235. The van der Waals surface area contributed by atoms with Gasteiger partial charge in [0, 0.05) is 27.6 Å². The summed E-state index contributed by atoms with van der Waals surface area (Å²) in [7, 11) is 0. The molecule has 1 aromatic heterocycles. The molecule has 2 nitrogen and oxygen atoms in total. The molecule has 0 bridgehead atoms. The first-order valence-electron chi connectivity index (χ1n) is 6.95. The second kappa shape index (κ2) is 4.88. The maximum Gasteiger partial charge on any atom is 0.0569 e.